The van der Waals surface area contributed by atoms with Gasteiger partial charge in [-0.3, -0.25) is 4.79 Å². The number of hydrogen-bond acceptors (Lipinski definition) is 7. The third kappa shape index (κ3) is 3.34. The number of nitrogens with one attached hydrogen (secondary N) is 1. The van der Waals surface area contributed by atoms with E-state index in [4.69, 9.17) is 9.05 Å². The van der Waals surface area contributed by atoms with Crippen molar-refractivity contribution in [3.05, 3.63) is 34.5 Å². The molecule has 108 valence electrons. The van der Waals surface area contributed by atoms with Gasteiger partial charge in [-0.05, 0) is 18.4 Å². The molecular weight excluding hydrogens is 292 g/mol. The van der Waals surface area contributed by atoms with Crippen LogP contribution in [0.2, 0.25) is 0 Å². The summed E-state index contributed by atoms with van der Waals surface area (Å²) < 4.78 is 9.99. The van der Waals surface area contributed by atoms with Gasteiger partial charge in [0.05, 0.1) is 0 Å². The van der Waals surface area contributed by atoms with Crippen molar-refractivity contribution in [2.24, 2.45) is 0 Å². The smallest absolute Gasteiger partial charge is 0.227 e. The van der Waals surface area contributed by atoms with Gasteiger partial charge >= 0.3 is 0 Å². The van der Waals surface area contributed by atoms with Crippen molar-refractivity contribution in [1.82, 2.24) is 15.3 Å². The Morgan fingerprint density at radius 1 is 1.38 bits per heavy atom. The Hall–Kier alpha value is -2.48. The molecule has 8 heteroatoms. The number of anilines is 1. The summed E-state index contributed by atoms with van der Waals surface area (Å²) in [6.07, 6.45) is 0.608. The minimum absolute atomic E-state index is 0.182. The summed E-state index contributed by atoms with van der Waals surface area (Å²) in [4.78, 5) is 16.0. The van der Waals surface area contributed by atoms with E-state index in [1.54, 1.807) is 24.3 Å². The number of hydrogen-bond donors (Lipinski definition) is 1. The van der Waals surface area contributed by atoms with E-state index in [9.17, 15) is 4.79 Å². The molecule has 0 aromatic carbocycles. The second-order valence-corrected chi connectivity index (χ2v) is 5.17. The zero-order valence-electron chi connectivity index (χ0n) is 11.2. The summed E-state index contributed by atoms with van der Waals surface area (Å²) in [6, 6.07) is 3.57. The number of amides is 1. The van der Waals surface area contributed by atoms with Crippen molar-refractivity contribution in [1.29, 1.82) is 0 Å². The van der Waals surface area contributed by atoms with Crippen LogP contribution in [0.25, 0.3) is 11.4 Å². The molecule has 0 saturated carbocycles. The summed E-state index contributed by atoms with van der Waals surface area (Å²) >= 11 is 1.56. The molecule has 3 aromatic heterocycles. The van der Waals surface area contributed by atoms with Gasteiger partial charge in [0.15, 0.2) is 5.82 Å². The third-order valence-corrected chi connectivity index (χ3v) is 3.39. The van der Waals surface area contributed by atoms with E-state index in [1.807, 2.05) is 16.8 Å². The molecule has 0 atom stereocenters. The molecule has 0 radical (unpaired) electrons. The molecule has 3 aromatic rings. The fourth-order valence-corrected chi connectivity index (χ4v) is 2.35. The normalized spacial score (nSPS) is 10.7. The van der Waals surface area contributed by atoms with Crippen LogP contribution in [-0.2, 0) is 11.2 Å². The van der Waals surface area contributed by atoms with E-state index in [0.29, 0.717) is 29.7 Å². The minimum Gasteiger partial charge on any atom is -0.360 e. The lowest BCUT2D eigenvalue weighted by atomic mass is 10.3. The summed E-state index contributed by atoms with van der Waals surface area (Å²) in [5.41, 5.74) is 0.914. The SMILES string of the molecule is Cc1cc(NC(=O)CCc2nc(-c3ccsc3)no2)no1. The monoisotopic (exact) mass is 304 g/mol. The minimum atomic E-state index is -0.182. The molecule has 1 N–H and O–H groups in total. The van der Waals surface area contributed by atoms with Crippen LogP contribution in [0.5, 0.6) is 0 Å². The van der Waals surface area contributed by atoms with Crippen molar-refractivity contribution >= 4 is 23.1 Å². The lowest BCUT2D eigenvalue weighted by molar-refractivity contribution is -0.116. The standard InChI is InChI=1S/C13H12N4O3S/c1-8-6-10(16-19-8)14-11(18)2-3-12-15-13(17-20-12)9-4-5-21-7-9/h4-7H,2-3H2,1H3,(H,14,16,18). The van der Waals surface area contributed by atoms with Gasteiger partial charge in [0.25, 0.3) is 0 Å². The average Bonchev–Trinajstić information content (AvgIpc) is 3.17. The maximum Gasteiger partial charge on any atom is 0.227 e. The Morgan fingerprint density at radius 2 is 2.29 bits per heavy atom. The fourth-order valence-electron chi connectivity index (χ4n) is 1.72. The van der Waals surface area contributed by atoms with Crippen molar-refractivity contribution in [2.45, 2.75) is 19.8 Å². The first-order valence-corrected chi connectivity index (χ1v) is 7.23. The fraction of sp³-hybridized carbons (Fsp3) is 0.231. The molecule has 1 amide bonds. The van der Waals surface area contributed by atoms with Gasteiger partial charge in [-0.2, -0.15) is 16.3 Å². The Kier molecular flexibility index (Phi) is 3.78. The van der Waals surface area contributed by atoms with Crippen molar-refractivity contribution in [2.75, 3.05) is 5.32 Å². The highest BCUT2D eigenvalue weighted by atomic mass is 32.1. The quantitative estimate of drug-likeness (QED) is 0.778. The number of carbonyl (C=O) groups is 1. The molecule has 21 heavy (non-hydrogen) atoms. The summed E-state index contributed by atoms with van der Waals surface area (Å²) in [5.74, 6) is 1.84. The molecule has 3 rings (SSSR count). The van der Waals surface area contributed by atoms with Gasteiger partial charge in [-0.15, -0.1) is 0 Å². The lowest BCUT2D eigenvalue weighted by Gasteiger charge is -1.98. The van der Waals surface area contributed by atoms with Gasteiger partial charge in [-0.1, -0.05) is 10.3 Å². The first-order valence-electron chi connectivity index (χ1n) is 6.29. The van der Waals surface area contributed by atoms with Gasteiger partial charge in [-0.25, -0.2) is 0 Å². The maximum atomic E-state index is 11.7. The van der Waals surface area contributed by atoms with Gasteiger partial charge < -0.3 is 14.4 Å². The van der Waals surface area contributed by atoms with E-state index in [0.717, 1.165) is 5.56 Å². The number of aromatic nitrogens is 3. The summed E-state index contributed by atoms with van der Waals surface area (Å²) in [7, 11) is 0. The van der Waals surface area contributed by atoms with E-state index < -0.39 is 0 Å². The van der Waals surface area contributed by atoms with Crippen molar-refractivity contribution < 1.29 is 13.8 Å². The number of rotatable bonds is 5. The maximum absolute atomic E-state index is 11.7. The van der Waals surface area contributed by atoms with Gasteiger partial charge in [0, 0.05) is 29.9 Å². The Morgan fingerprint density at radius 3 is 3.00 bits per heavy atom. The molecule has 0 aliphatic carbocycles. The predicted molar refractivity (Wildman–Crippen MR) is 75.8 cm³/mol. The molecule has 0 aliphatic heterocycles. The van der Waals surface area contributed by atoms with Crippen LogP contribution in [0, 0.1) is 6.92 Å². The van der Waals surface area contributed by atoms with E-state index in [1.165, 1.54) is 0 Å². The van der Waals surface area contributed by atoms with Crippen molar-refractivity contribution in [3.63, 3.8) is 0 Å². The van der Waals surface area contributed by atoms with Crippen LogP contribution >= 0.6 is 11.3 Å². The molecule has 0 aliphatic rings. The largest absolute Gasteiger partial charge is 0.360 e. The zero-order chi connectivity index (χ0) is 14.7. The van der Waals surface area contributed by atoms with Crippen LogP contribution in [-0.4, -0.2) is 21.2 Å². The van der Waals surface area contributed by atoms with E-state index >= 15 is 0 Å². The average molecular weight is 304 g/mol. The third-order valence-electron chi connectivity index (χ3n) is 2.71. The molecule has 0 unspecified atom stereocenters. The summed E-state index contributed by atoms with van der Waals surface area (Å²) in [6.45, 7) is 1.76. The predicted octanol–water partition coefficient (Wildman–Crippen LogP) is 2.67. The highest BCUT2D eigenvalue weighted by molar-refractivity contribution is 7.08. The Bertz CT molecular complexity index is 732. The van der Waals surface area contributed by atoms with Crippen LogP contribution in [0.15, 0.2) is 31.9 Å². The molecule has 7 nitrogen and oxygen atoms in total. The Labute approximate surface area is 124 Å². The van der Waals surface area contributed by atoms with Crippen LogP contribution in [0.3, 0.4) is 0 Å². The molecule has 0 saturated heterocycles. The van der Waals surface area contributed by atoms with Crippen molar-refractivity contribution in [3.8, 4) is 11.4 Å². The van der Waals surface area contributed by atoms with E-state index in [-0.39, 0.29) is 12.3 Å². The lowest BCUT2D eigenvalue weighted by Crippen LogP contribution is -2.12. The first-order chi connectivity index (χ1) is 10.2. The second-order valence-electron chi connectivity index (χ2n) is 4.39. The highest BCUT2D eigenvalue weighted by Gasteiger charge is 2.12. The van der Waals surface area contributed by atoms with Gasteiger partial charge in [0.2, 0.25) is 17.6 Å². The zero-order valence-corrected chi connectivity index (χ0v) is 12.0. The Balaban J connectivity index is 1.54. The van der Waals surface area contributed by atoms with E-state index in [2.05, 4.69) is 20.6 Å². The number of thiophene rings is 1. The molecule has 0 bridgehead atoms. The molecule has 0 spiro atoms. The second kappa shape index (κ2) is 5.88. The molecule has 0 fully saturated rings. The first kappa shape index (κ1) is 13.5. The van der Waals surface area contributed by atoms with Crippen LogP contribution < -0.4 is 5.32 Å². The molecule has 3 heterocycles. The number of aryl methyl sites for hydroxylation is 2. The molecular formula is C13H12N4O3S. The number of nitrogens with zero attached hydrogens (tertiary/aromatic N) is 3. The highest BCUT2D eigenvalue weighted by Crippen LogP contribution is 2.19. The van der Waals surface area contributed by atoms with Gasteiger partial charge in [0.1, 0.15) is 5.76 Å². The summed E-state index contributed by atoms with van der Waals surface area (Å²) in [5, 5.41) is 14.1. The topological polar surface area (TPSA) is 94.1 Å². The number of carbonyl (C=O) groups excluding carboxylic acids is 1. The van der Waals surface area contributed by atoms with Crippen LogP contribution in [0.4, 0.5) is 5.82 Å². The van der Waals surface area contributed by atoms with Crippen LogP contribution in [0.1, 0.15) is 18.1 Å².